The fourth-order valence-corrected chi connectivity index (χ4v) is 2.78. The maximum atomic E-state index is 9.92. The first-order valence-electron chi connectivity index (χ1n) is 6.22. The molecule has 0 amide bonds. The van der Waals surface area contributed by atoms with Gasteiger partial charge in [0.15, 0.2) is 5.79 Å². The maximum absolute atomic E-state index is 9.92. The molecule has 2 fully saturated rings. The molecule has 1 saturated heterocycles. The molecule has 0 aromatic rings. The average molecular weight is 214 g/mol. The Morgan fingerprint density at radius 3 is 2.40 bits per heavy atom. The van der Waals surface area contributed by atoms with Crippen LogP contribution in [0.1, 0.15) is 45.4 Å². The third kappa shape index (κ3) is 2.52. The van der Waals surface area contributed by atoms with E-state index in [0.717, 1.165) is 51.7 Å². The zero-order valence-electron chi connectivity index (χ0n) is 9.58. The van der Waals surface area contributed by atoms with Crippen LogP contribution in [0.5, 0.6) is 0 Å². The second kappa shape index (κ2) is 4.81. The molecule has 88 valence electrons. The third-order valence-electron chi connectivity index (χ3n) is 3.73. The maximum Gasteiger partial charge on any atom is 0.168 e. The number of ether oxygens (including phenoxy) is 2. The fraction of sp³-hybridized carbons (Fsp3) is 1.00. The van der Waals surface area contributed by atoms with Crippen molar-refractivity contribution in [1.82, 2.24) is 0 Å². The van der Waals surface area contributed by atoms with Crippen LogP contribution >= 0.6 is 0 Å². The summed E-state index contributed by atoms with van der Waals surface area (Å²) in [5.74, 6) is 0.186. The Labute approximate surface area is 91.8 Å². The lowest BCUT2D eigenvalue weighted by Crippen LogP contribution is -2.38. The van der Waals surface area contributed by atoms with E-state index in [1.165, 1.54) is 0 Å². The van der Waals surface area contributed by atoms with Gasteiger partial charge >= 0.3 is 0 Å². The lowest BCUT2D eigenvalue weighted by Gasteiger charge is -2.37. The van der Waals surface area contributed by atoms with E-state index in [1.54, 1.807) is 0 Å². The van der Waals surface area contributed by atoms with E-state index in [0.29, 0.717) is 5.92 Å². The van der Waals surface area contributed by atoms with Gasteiger partial charge < -0.3 is 14.6 Å². The summed E-state index contributed by atoms with van der Waals surface area (Å²) in [6, 6.07) is 0. The van der Waals surface area contributed by atoms with E-state index in [4.69, 9.17) is 9.47 Å². The van der Waals surface area contributed by atoms with Gasteiger partial charge in [-0.25, -0.2) is 0 Å². The minimum atomic E-state index is -0.275. The van der Waals surface area contributed by atoms with Gasteiger partial charge in [-0.1, -0.05) is 13.3 Å². The van der Waals surface area contributed by atoms with Crippen LogP contribution in [0.2, 0.25) is 0 Å². The summed E-state index contributed by atoms with van der Waals surface area (Å²) < 4.78 is 11.3. The molecule has 1 unspecified atom stereocenters. The van der Waals surface area contributed by atoms with Gasteiger partial charge in [0.2, 0.25) is 0 Å². The molecule has 2 rings (SSSR count). The van der Waals surface area contributed by atoms with Crippen LogP contribution in [0.25, 0.3) is 0 Å². The van der Waals surface area contributed by atoms with Gasteiger partial charge in [0.25, 0.3) is 0 Å². The summed E-state index contributed by atoms with van der Waals surface area (Å²) in [4.78, 5) is 0. The summed E-state index contributed by atoms with van der Waals surface area (Å²) in [6.07, 6.45) is 5.88. The van der Waals surface area contributed by atoms with E-state index in [-0.39, 0.29) is 11.9 Å². The molecule has 1 aliphatic heterocycles. The summed E-state index contributed by atoms with van der Waals surface area (Å²) in [5.41, 5.74) is 0. The average Bonchev–Trinajstić information content (AvgIpc) is 2.68. The summed E-state index contributed by atoms with van der Waals surface area (Å²) in [5, 5.41) is 9.92. The third-order valence-corrected chi connectivity index (χ3v) is 3.73. The smallest absolute Gasteiger partial charge is 0.168 e. The number of aliphatic hydroxyl groups is 1. The molecule has 1 spiro atoms. The first kappa shape index (κ1) is 11.4. The first-order chi connectivity index (χ1) is 7.26. The predicted molar refractivity (Wildman–Crippen MR) is 57.5 cm³/mol. The molecule has 0 aromatic heterocycles. The summed E-state index contributed by atoms with van der Waals surface area (Å²) in [7, 11) is 0. The summed E-state index contributed by atoms with van der Waals surface area (Å²) >= 11 is 0. The molecular formula is C12H22O3. The van der Waals surface area contributed by atoms with Crippen molar-refractivity contribution in [1.29, 1.82) is 0 Å². The Kier molecular flexibility index (Phi) is 3.65. The molecule has 0 aromatic carbocycles. The normalized spacial score (nSPS) is 28.4. The molecule has 1 aliphatic carbocycles. The second-order valence-electron chi connectivity index (χ2n) is 4.80. The van der Waals surface area contributed by atoms with Crippen molar-refractivity contribution < 1.29 is 14.6 Å². The molecule has 1 N–H and O–H groups in total. The van der Waals surface area contributed by atoms with Gasteiger partial charge in [-0.3, -0.25) is 0 Å². The Morgan fingerprint density at radius 1 is 1.27 bits per heavy atom. The van der Waals surface area contributed by atoms with Gasteiger partial charge in [-0.15, -0.1) is 0 Å². The zero-order chi connectivity index (χ0) is 10.7. The molecule has 1 heterocycles. The highest BCUT2D eigenvalue weighted by atomic mass is 16.7. The Balaban J connectivity index is 1.81. The minimum absolute atomic E-state index is 0.117. The number of hydrogen-bond acceptors (Lipinski definition) is 3. The Hall–Kier alpha value is -0.120. The molecule has 15 heavy (non-hydrogen) atoms. The quantitative estimate of drug-likeness (QED) is 0.781. The standard InChI is InChI=1S/C12H22O3/c1-2-3-11(13)10-4-6-12(7-5-10)14-8-9-15-12/h10-11,13H,2-9H2,1H3. The van der Waals surface area contributed by atoms with Crippen LogP contribution in [-0.2, 0) is 9.47 Å². The van der Waals surface area contributed by atoms with Crippen molar-refractivity contribution in [3.05, 3.63) is 0 Å². The van der Waals surface area contributed by atoms with Gasteiger partial charge in [0.1, 0.15) is 0 Å². The Morgan fingerprint density at radius 2 is 1.87 bits per heavy atom. The zero-order valence-corrected chi connectivity index (χ0v) is 9.58. The molecule has 3 heteroatoms. The highest BCUT2D eigenvalue weighted by molar-refractivity contribution is 4.84. The topological polar surface area (TPSA) is 38.7 Å². The Bertz CT molecular complexity index is 189. The van der Waals surface area contributed by atoms with Crippen LogP contribution in [0.4, 0.5) is 0 Å². The largest absolute Gasteiger partial charge is 0.393 e. The van der Waals surface area contributed by atoms with Gasteiger partial charge in [0, 0.05) is 12.8 Å². The van der Waals surface area contributed by atoms with Crippen molar-refractivity contribution in [3.8, 4) is 0 Å². The van der Waals surface area contributed by atoms with E-state index >= 15 is 0 Å². The van der Waals surface area contributed by atoms with Crippen LogP contribution in [0.3, 0.4) is 0 Å². The highest BCUT2D eigenvalue weighted by Crippen LogP contribution is 2.39. The fourth-order valence-electron chi connectivity index (χ4n) is 2.78. The molecule has 3 nitrogen and oxygen atoms in total. The van der Waals surface area contributed by atoms with Crippen LogP contribution < -0.4 is 0 Å². The van der Waals surface area contributed by atoms with Crippen LogP contribution in [0, 0.1) is 5.92 Å². The van der Waals surface area contributed by atoms with Gasteiger partial charge in [0.05, 0.1) is 19.3 Å². The monoisotopic (exact) mass is 214 g/mol. The van der Waals surface area contributed by atoms with E-state index in [2.05, 4.69) is 6.92 Å². The molecule has 1 atom stereocenters. The molecule has 0 bridgehead atoms. The van der Waals surface area contributed by atoms with Gasteiger partial charge in [-0.2, -0.15) is 0 Å². The van der Waals surface area contributed by atoms with Crippen molar-refractivity contribution in [2.24, 2.45) is 5.92 Å². The van der Waals surface area contributed by atoms with Crippen molar-refractivity contribution in [2.75, 3.05) is 13.2 Å². The predicted octanol–water partition coefficient (Wildman–Crippen LogP) is 2.08. The minimum Gasteiger partial charge on any atom is -0.393 e. The van der Waals surface area contributed by atoms with Crippen molar-refractivity contribution in [3.63, 3.8) is 0 Å². The lowest BCUT2D eigenvalue weighted by molar-refractivity contribution is -0.187. The molecule has 2 aliphatic rings. The van der Waals surface area contributed by atoms with Crippen LogP contribution in [-0.4, -0.2) is 30.2 Å². The van der Waals surface area contributed by atoms with Crippen molar-refractivity contribution in [2.45, 2.75) is 57.3 Å². The van der Waals surface area contributed by atoms with Gasteiger partial charge in [-0.05, 0) is 25.2 Å². The van der Waals surface area contributed by atoms with E-state index < -0.39 is 0 Å². The first-order valence-corrected chi connectivity index (χ1v) is 6.22. The molecule has 1 saturated carbocycles. The molecule has 0 radical (unpaired) electrons. The second-order valence-corrected chi connectivity index (χ2v) is 4.80. The van der Waals surface area contributed by atoms with E-state index in [1.807, 2.05) is 0 Å². The number of aliphatic hydroxyl groups excluding tert-OH is 1. The SMILES string of the molecule is CCCC(O)C1CCC2(CC1)OCCO2. The number of hydrogen-bond donors (Lipinski definition) is 1. The highest BCUT2D eigenvalue weighted by Gasteiger charge is 2.41. The van der Waals surface area contributed by atoms with Crippen molar-refractivity contribution >= 4 is 0 Å². The summed E-state index contributed by atoms with van der Waals surface area (Å²) in [6.45, 7) is 3.60. The number of rotatable bonds is 3. The van der Waals surface area contributed by atoms with E-state index in [9.17, 15) is 5.11 Å². The van der Waals surface area contributed by atoms with Crippen LogP contribution in [0.15, 0.2) is 0 Å². The lowest BCUT2D eigenvalue weighted by atomic mass is 9.81. The molecular weight excluding hydrogens is 192 g/mol.